The summed E-state index contributed by atoms with van der Waals surface area (Å²) in [7, 11) is 0. The van der Waals surface area contributed by atoms with Crippen molar-refractivity contribution in [3.05, 3.63) is 51.4 Å². The van der Waals surface area contributed by atoms with Gasteiger partial charge >= 0.3 is 5.97 Å². The van der Waals surface area contributed by atoms with Crippen molar-refractivity contribution < 1.29 is 23.9 Å². The Morgan fingerprint density at radius 1 is 1.11 bits per heavy atom. The Hall–Kier alpha value is -3.00. The summed E-state index contributed by atoms with van der Waals surface area (Å²) in [6.45, 7) is 5.27. The van der Waals surface area contributed by atoms with Gasteiger partial charge in [0, 0.05) is 4.88 Å². The van der Waals surface area contributed by atoms with Crippen molar-refractivity contribution in [2.75, 3.05) is 18.5 Å². The fourth-order valence-electron chi connectivity index (χ4n) is 3.13. The van der Waals surface area contributed by atoms with Crippen molar-refractivity contribution in [3.63, 3.8) is 0 Å². The molecular formula is C20H20N2O5S. The lowest BCUT2D eigenvalue weighted by Crippen LogP contribution is -2.37. The molecule has 2 aromatic rings. The van der Waals surface area contributed by atoms with Crippen LogP contribution in [0.2, 0.25) is 0 Å². The van der Waals surface area contributed by atoms with Gasteiger partial charge in [0.1, 0.15) is 11.5 Å². The van der Waals surface area contributed by atoms with Crippen LogP contribution in [-0.4, -0.2) is 41.7 Å². The van der Waals surface area contributed by atoms with Crippen LogP contribution in [0.5, 0.6) is 0 Å². The van der Waals surface area contributed by atoms with Gasteiger partial charge in [0.15, 0.2) is 0 Å². The number of esters is 1. The Bertz CT molecular complexity index is 944. The van der Waals surface area contributed by atoms with E-state index in [4.69, 9.17) is 4.74 Å². The molecule has 0 saturated carbocycles. The maximum absolute atomic E-state index is 12.5. The number of hydrogen-bond donors (Lipinski definition) is 1. The molecule has 28 heavy (non-hydrogen) atoms. The zero-order chi connectivity index (χ0) is 20.4. The first-order chi connectivity index (χ1) is 13.4. The maximum Gasteiger partial charge on any atom is 0.341 e. The third-order valence-electron chi connectivity index (χ3n) is 4.48. The van der Waals surface area contributed by atoms with Crippen molar-refractivity contribution in [3.8, 4) is 0 Å². The summed E-state index contributed by atoms with van der Waals surface area (Å²) in [6, 6.07) is 6.45. The molecule has 0 saturated heterocycles. The van der Waals surface area contributed by atoms with Crippen LogP contribution in [0, 0.1) is 6.92 Å². The van der Waals surface area contributed by atoms with Crippen LogP contribution in [0.3, 0.4) is 0 Å². The first-order valence-corrected chi connectivity index (χ1v) is 9.75. The summed E-state index contributed by atoms with van der Waals surface area (Å²) in [4.78, 5) is 51.6. The van der Waals surface area contributed by atoms with Crippen LogP contribution >= 0.6 is 11.3 Å². The molecule has 0 atom stereocenters. The number of hydrogen-bond acceptors (Lipinski definition) is 6. The lowest BCUT2D eigenvalue weighted by molar-refractivity contribution is -0.116. The Morgan fingerprint density at radius 3 is 2.25 bits per heavy atom. The molecule has 0 aliphatic carbocycles. The van der Waals surface area contributed by atoms with E-state index in [0.29, 0.717) is 17.0 Å². The Balaban J connectivity index is 1.80. The van der Waals surface area contributed by atoms with E-state index < -0.39 is 30.2 Å². The number of imide groups is 1. The molecule has 0 spiro atoms. The number of carbonyl (C=O) groups excluding carboxylic acids is 4. The smallest absolute Gasteiger partial charge is 0.341 e. The summed E-state index contributed by atoms with van der Waals surface area (Å²) in [5.41, 5.74) is 1.65. The van der Waals surface area contributed by atoms with E-state index in [1.165, 1.54) is 11.3 Å². The maximum atomic E-state index is 12.5. The highest BCUT2D eigenvalue weighted by atomic mass is 32.1. The Kier molecular flexibility index (Phi) is 5.60. The Morgan fingerprint density at radius 2 is 1.71 bits per heavy atom. The number of nitrogens with one attached hydrogen (secondary N) is 1. The van der Waals surface area contributed by atoms with E-state index in [1.54, 1.807) is 38.1 Å². The number of anilines is 1. The van der Waals surface area contributed by atoms with Crippen molar-refractivity contribution in [1.29, 1.82) is 0 Å². The van der Waals surface area contributed by atoms with Crippen LogP contribution in [0.25, 0.3) is 0 Å². The number of thiophene rings is 1. The SMILES string of the molecule is CCOC(=O)c1c(NC(=O)CN2C(=O)c3ccccc3C2=O)sc(CC)c1C. The number of amides is 3. The third kappa shape index (κ3) is 3.43. The number of aryl methyl sites for hydroxylation is 1. The molecule has 0 fully saturated rings. The molecule has 0 radical (unpaired) electrons. The van der Waals surface area contributed by atoms with Crippen molar-refractivity contribution in [2.24, 2.45) is 0 Å². The third-order valence-corrected chi connectivity index (χ3v) is 5.83. The molecule has 1 aliphatic rings. The molecule has 0 unspecified atom stereocenters. The zero-order valence-electron chi connectivity index (χ0n) is 15.8. The Labute approximate surface area is 166 Å². The minimum absolute atomic E-state index is 0.220. The lowest BCUT2D eigenvalue weighted by atomic mass is 10.1. The molecule has 1 aromatic carbocycles. The van der Waals surface area contributed by atoms with Gasteiger partial charge in [0.2, 0.25) is 5.91 Å². The number of carbonyl (C=O) groups is 4. The summed E-state index contributed by atoms with van der Waals surface area (Å²) < 4.78 is 5.10. The molecule has 0 bridgehead atoms. The van der Waals surface area contributed by atoms with E-state index in [9.17, 15) is 19.2 Å². The normalized spacial score (nSPS) is 12.9. The lowest BCUT2D eigenvalue weighted by Gasteiger charge is -2.13. The molecule has 3 amide bonds. The highest BCUT2D eigenvalue weighted by Crippen LogP contribution is 2.34. The second-order valence-corrected chi connectivity index (χ2v) is 7.32. The average molecular weight is 400 g/mol. The second kappa shape index (κ2) is 7.93. The van der Waals surface area contributed by atoms with Crippen molar-refractivity contribution in [1.82, 2.24) is 4.90 Å². The molecule has 146 valence electrons. The monoisotopic (exact) mass is 400 g/mol. The van der Waals surface area contributed by atoms with Gasteiger partial charge < -0.3 is 10.1 Å². The summed E-state index contributed by atoms with van der Waals surface area (Å²) in [6.07, 6.45) is 0.706. The molecular weight excluding hydrogens is 380 g/mol. The largest absolute Gasteiger partial charge is 0.462 e. The van der Waals surface area contributed by atoms with Crippen molar-refractivity contribution >= 4 is 40.0 Å². The molecule has 1 N–H and O–H groups in total. The van der Waals surface area contributed by atoms with Crippen LogP contribution < -0.4 is 5.32 Å². The molecule has 2 heterocycles. The highest BCUT2D eigenvalue weighted by Gasteiger charge is 2.36. The average Bonchev–Trinajstić information content (AvgIpc) is 3.11. The summed E-state index contributed by atoms with van der Waals surface area (Å²) >= 11 is 1.29. The van der Waals surface area contributed by atoms with Crippen LogP contribution in [0.1, 0.15) is 55.4 Å². The molecule has 7 nitrogen and oxygen atoms in total. The van der Waals surface area contributed by atoms with Gasteiger partial charge in [-0.25, -0.2) is 4.79 Å². The van der Waals surface area contributed by atoms with E-state index in [0.717, 1.165) is 15.3 Å². The fraction of sp³-hybridized carbons (Fsp3) is 0.300. The summed E-state index contributed by atoms with van der Waals surface area (Å²) in [5, 5.41) is 3.04. The van der Waals surface area contributed by atoms with E-state index >= 15 is 0 Å². The number of ether oxygens (including phenoxy) is 1. The molecule has 8 heteroatoms. The quantitative estimate of drug-likeness (QED) is 0.594. The minimum atomic E-state index is -0.552. The molecule has 3 rings (SSSR count). The standard InChI is InChI=1S/C20H20N2O5S/c1-4-14-11(3)16(20(26)27-5-2)17(28-14)21-15(23)10-22-18(24)12-8-6-7-9-13(12)19(22)25/h6-9H,4-5,10H2,1-3H3,(H,21,23). The predicted octanol–water partition coefficient (Wildman–Crippen LogP) is 3.03. The van der Waals surface area contributed by atoms with Gasteiger partial charge in [-0.15, -0.1) is 11.3 Å². The number of nitrogens with zero attached hydrogens (tertiary/aromatic N) is 1. The predicted molar refractivity (Wildman–Crippen MR) is 105 cm³/mol. The first kappa shape index (κ1) is 19.8. The van der Waals surface area contributed by atoms with E-state index in [1.807, 2.05) is 6.92 Å². The topological polar surface area (TPSA) is 92.8 Å². The fourth-order valence-corrected chi connectivity index (χ4v) is 4.28. The summed E-state index contributed by atoms with van der Waals surface area (Å²) in [5.74, 6) is -2.06. The van der Waals surface area contributed by atoms with Crippen LogP contribution in [0.15, 0.2) is 24.3 Å². The van der Waals surface area contributed by atoms with Gasteiger partial charge in [-0.2, -0.15) is 0 Å². The minimum Gasteiger partial charge on any atom is -0.462 e. The number of fused-ring (bicyclic) bond motifs is 1. The first-order valence-electron chi connectivity index (χ1n) is 8.93. The molecule has 1 aliphatic heterocycles. The van der Waals surface area contributed by atoms with Crippen molar-refractivity contribution in [2.45, 2.75) is 27.2 Å². The molecule has 1 aromatic heterocycles. The van der Waals surface area contributed by atoms with Crippen LogP contribution in [0.4, 0.5) is 5.00 Å². The number of rotatable bonds is 6. The van der Waals surface area contributed by atoms with Gasteiger partial charge in [-0.1, -0.05) is 19.1 Å². The van der Waals surface area contributed by atoms with Gasteiger partial charge in [-0.05, 0) is 38.0 Å². The zero-order valence-corrected chi connectivity index (χ0v) is 16.6. The van der Waals surface area contributed by atoms with E-state index in [-0.39, 0.29) is 17.7 Å². The van der Waals surface area contributed by atoms with Gasteiger partial charge in [-0.3, -0.25) is 19.3 Å². The number of benzene rings is 1. The highest BCUT2D eigenvalue weighted by molar-refractivity contribution is 7.17. The van der Waals surface area contributed by atoms with E-state index in [2.05, 4.69) is 5.32 Å². The van der Waals surface area contributed by atoms with Gasteiger partial charge in [0.25, 0.3) is 11.8 Å². The second-order valence-electron chi connectivity index (χ2n) is 6.22. The van der Waals surface area contributed by atoms with Crippen LogP contribution in [-0.2, 0) is 16.0 Å². The van der Waals surface area contributed by atoms with Gasteiger partial charge in [0.05, 0.1) is 23.3 Å².